The zero-order chi connectivity index (χ0) is 15.0. The third kappa shape index (κ3) is 2.89. The van der Waals surface area contributed by atoms with E-state index in [1.807, 2.05) is 13.0 Å². The minimum atomic E-state index is -0.144. The van der Waals surface area contributed by atoms with Gasteiger partial charge in [0.1, 0.15) is 11.3 Å². The number of fused-ring (bicyclic) bond motifs is 1. The normalized spacial score (nSPS) is 21.8. The molecule has 0 N–H and O–H groups in total. The Morgan fingerprint density at radius 1 is 1.48 bits per heavy atom. The van der Waals surface area contributed by atoms with E-state index in [-0.39, 0.29) is 5.38 Å². The number of likely N-dealkylation sites (tertiary alicyclic amines) is 1. The van der Waals surface area contributed by atoms with Crippen molar-refractivity contribution in [1.82, 2.24) is 19.4 Å². The maximum absolute atomic E-state index is 6.35. The number of pyridine rings is 1. The summed E-state index contributed by atoms with van der Waals surface area (Å²) in [5.41, 5.74) is 1.73. The molecule has 3 heterocycles. The lowest BCUT2D eigenvalue weighted by Gasteiger charge is -2.33. The van der Waals surface area contributed by atoms with E-state index in [0.29, 0.717) is 11.1 Å². The third-order valence-electron chi connectivity index (χ3n) is 4.17. The average Bonchev–Trinajstić information content (AvgIpc) is 2.86. The Balaban J connectivity index is 2.08. The van der Waals surface area contributed by atoms with Crippen molar-refractivity contribution in [3.8, 4) is 0 Å². The molecule has 1 aliphatic heterocycles. The Hall–Kier alpha value is -0.840. The van der Waals surface area contributed by atoms with Gasteiger partial charge in [-0.1, -0.05) is 18.5 Å². The fraction of sp³-hybridized carbons (Fsp3) is 0.600. The Morgan fingerprint density at radius 3 is 3.00 bits per heavy atom. The van der Waals surface area contributed by atoms with Crippen LogP contribution >= 0.6 is 23.2 Å². The summed E-state index contributed by atoms with van der Waals surface area (Å²) >= 11 is 12.4. The van der Waals surface area contributed by atoms with Crippen molar-refractivity contribution in [3.63, 3.8) is 0 Å². The van der Waals surface area contributed by atoms with Crippen LogP contribution in [-0.2, 0) is 0 Å². The quantitative estimate of drug-likeness (QED) is 0.798. The van der Waals surface area contributed by atoms with Crippen LogP contribution in [0.15, 0.2) is 12.3 Å². The smallest absolute Gasteiger partial charge is 0.160 e. The molecule has 0 amide bonds. The lowest BCUT2D eigenvalue weighted by atomic mass is 10.1. The first-order valence-corrected chi connectivity index (χ1v) is 8.31. The Labute approximate surface area is 135 Å². The largest absolute Gasteiger partial charge is 0.307 e. The number of hydrogen-bond donors (Lipinski definition) is 0. The molecule has 1 saturated heterocycles. The molecule has 4 nitrogen and oxygen atoms in total. The summed E-state index contributed by atoms with van der Waals surface area (Å²) in [5, 5.41) is 0.467. The van der Waals surface area contributed by atoms with Gasteiger partial charge in [0.2, 0.25) is 0 Å². The Kier molecular flexibility index (Phi) is 4.38. The van der Waals surface area contributed by atoms with Gasteiger partial charge in [-0.15, -0.1) is 11.6 Å². The Bertz CT molecular complexity index is 638. The zero-order valence-electron chi connectivity index (χ0n) is 12.4. The van der Waals surface area contributed by atoms with Crippen LogP contribution in [0.3, 0.4) is 0 Å². The molecule has 21 heavy (non-hydrogen) atoms. The average molecular weight is 327 g/mol. The zero-order valence-corrected chi connectivity index (χ0v) is 13.9. The maximum Gasteiger partial charge on any atom is 0.160 e. The highest BCUT2D eigenvalue weighted by Gasteiger charge is 2.26. The molecule has 2 aromatic rings. The molecule has 0 radical (unpaired) electrons. The number of aromatic nitrogens is 3. The second-order valence-corrected chi connectivity index (χ2v) is 6.73. The van der Waals surface area contributed by atoms with E-state index in [0.717, 1.165) is 36.5 Å². The molecule has 2 unspecified atom stereocenters. The summed E-state index contributed by atoms with van der Waals surface area (Å²) in [4.78, 5) is 11.6. The van der Waals surface area contributed by atoms with Crippen LogP contribution in [0.25, 0.3) is 11.2 Å². The molecular weight excluding hydrogens is 307 g/mol. The molecule has 1 fully saturated rings. The second kappa shape index (κ2) is 6.11. The van der Waals surface area contributed by atoms with Gasteiger partial charge >= 0.3 is 0 Å². The molecule has 0 aliphatic carbocycles. The summed E-state index contributed by atoms with van der Waals surface area (Å²) < 4.78 is 2.23. The number of piperidine rings is 1. The predicted octanol–water partition coefficient (Wildman–Crippen LogP) is 4.04. The SMILES string of the molecule is CCN1CCCC(n2c(C(C)Cl)nc3cc(Cl)cnc32)C1. The third-order valence-corrected chi connectivity index (χ3v) is 4.57. The van der Waals surface area contributed by atoms with E-state index < -0.39 is 0 Å². The summed E-state index contributed by atoms with van der Waals surface area (Å²) in [5.74, 6) is 0.893. The lowest BCUT2D eigenvalue weighted by Crippen LogP contribution is -2.36. The van der Waals surface area contributed by atoms with Crippen LogP contribution in [0.4, 0.5) is 0 Å². The van der Waals surface area contributed by atoms with E-state index in [2.05, 4.69) is 26.4 Å². The number of alkyl halides is 1. The molecule has 0 spiro atoms. The highest BCUT2D eigenvalue weighted by molar-refractivity contribution is 6.31. The van der Waals surface area contributed by atoms with Gasteiger partial charge in [-0.05, 0) is 38.9 Å². The van der Waals surface area contributed by atoms with E-state index >= 15 is 0 Å². The van der Waals surface area contributed by atoms with Crippen LogP contribution in [0.1, 0.15) is 43.9 Å². The van der Waals surface area contributed by atoms with Gasteiger partial charge in [0.05, 0.1) is 10.4 Å². The van der Waals surface area contributed by atoms with Crippen molar-refractivity contribution in [2.24, 2.45) is 0 Å². The minimum absolute atomic E-state index is 0.144. The topological polar surface area (TPSA) is 34.0 Å². The van der Waals surface area contributed by atoms with Crippen LogP contribution in [0.2, 0.25) is 5.02 Å². The van der Waals surface area contributed by atoms with Crippen molar-refractivity contribution >= 4 is 34.4 Å². The number of likely N-dealkylation sites (N-methyl/N-ethyl adjacent to an activating group) is 1. The summed E-state index contributed by atoms with van der Waals surface area (Å²) in [6.45, 7) is 7.44. The fourth-order valence-corrected chi connectivity index (χ4v) is 3.45. The van der Waals surface area contributed by atoms with E-state index in [1.54, 1.807) is 6.20 Å². The number of hydrogen-bond acceptors (Lipinski definition) is 3. The van der Waals surface area contributed by atoms with E-state index in [4.69, 9.17) is 23.2 Å². The van der Waals surface area contributed by atoms with Crippen molar-refractivity contribution in [1.29, 1.82) is 0 Å². The van der Waals surface area contributed by atoms with Gasteiger partial charge in [0, 0.05) is 18.8 Å². The molecule has 2 aromatic heterocycles. The monoisotopic (exact) mass is 326 g/mol. The summed E-state index contributed by atoms with van der Waals surface area (Å²) in [7, 11) is 0. The lowest BCUT2D eigenvalue weighted by molar-refractivity contribution is 0.185. The highest BCUT2D eigenvalue weighted by Crippen LogP contribution is 2.32. The van der Waals surface area contributed by atoms with Gasteiger partial charge in [-0.2, -0.15) is 0 Å². The summed E-state index contributed by atoms with van der Waals surface area (Å²) in [6.07, 6.45) is 4.02. The minimum Gasteiger partial charge on any atom is -0.307 e. The molecule has 2 atom stereocenters. The van der Waals surface area contributed by atoms with Crippen LogP contribution in [0.5, 0.6) is 0 Å². The molecule has 0 aromatic carbocycles. The first-order chi connectivity index (χ1) is 10.1. The van der Waals surface area contributed by atoms with Gasteiger partial charge < -0.3 is 9.47 Å². The number of halogens is 2. The van der Waals surface area contributed by atoms with Crippen molar-refractivity contribution in [2.75, 3.05) is 19.6 Å². The number of rotatable bonds is 3. The fourth-order valence-electron chi connectivity index (χ4n) is 3.14. The highest BCUT2D eigenvalue weighted by atomic mass is 35.5. The molecule has 114 valence electrons. The van der Waals surface area contributed by atoms with Gasteiger partial charge in [0.15, 0.2) is 5.65 Å². The molecule has 6 heteroatoms. The number of imidazole rings is 1. The van der Waals surface area contributed by atoms with Gasteiger partial charge in [0.25, 0.3) is 0 Å². The predicted molar refractivity (Wildman–Crippen MR) is 87.2 cm³/mol. The van der Waals surface area contributed by atoms with Crippen molar-refractivity contribution in [3.05, 3.63) is 23.1 Å². The first kappa shape index (κ1) is 15.1. The van der Waals surface area contributed by atoms with Crippen molar-refractivity contribution in [2.45, 2.75) is 38.1 Å². The standard InChI is InChI=1S/C15H20Cl2N4/c1-3-20-6-4-5-12(9-20)21-14(10(2)16)19-13-7-11(17)8-18-15(13)21/h7-8,10,12H,3-6,9H2,1-2H3. The molecule has 3 rings (SSSR count). The molecular formula is C15H20Cl2N4. The summed E-state index contributed by atoms with van der Waals surface area (Å²) in [6, 6.07) is 2.25. The van der Waals surface area contributed by atoms with Crippen LogP contribution in [-0.4, -0.2) is 39.1 Å². The first-order valence-electron chi connectivity index (χ1n) is 7.50. The van der Waals surface area contributed by atoms with E-state index in [1.165, 1.54) is 13.0 Å². The van der Waals surface area contributed by atoms with Gasteiger partial charge in [-0.25, -0.2) is 9.97 Å². The maximum atomic E-state index is 6.35. The van der Waals surface area contributed by atoms with Crippen LogP contribution in [0, 0.1) is 0 Å². The second-order valence-electron chi connectivity index (χ2n) is 5.64. The Morgan fingerprint density at radius 2 is 2.29 bits per heavy atom. The van der Waals surface area contributed by atoms with Crippen LogP contribution < -0.4 is 0 Å². The van der Waals surface area contributed by atoms with Crippen molar-refractivity contribution < 1.29 is 0 Å². The molecule has 0 saturated carbocycles. The number of nitrogens with zero attached hydrogens (tertiary/aromatic N) is 4. The van der Waals surface area contributed by atoms with E-state index in [9.17, 15) is 0 Å². The van der Waals surface area contributed by atoms with Gasteiger partial charge in [-0.3, -0.25) is 0 Å². The molecule has 1 aliphatic rings. The molecule has 0 bridgehead atoms.